The maximum Gasteiger partial charge on any atom is 0.274 e. The first-order chi connectivity index (χ1) is 9.90. The van der Waals surface area contributed by atoms with Crippen LogP contribution in [-0.2, 0) is 4.79 Å². The van der Waals surface area contributed by atoms with Crippen LogP contribution in [0.2, 0.25) is 5.02 Å². The number of nitrogens with zero attached hydrogens (tertiary/aromatic N) is 3. The Hall–Kier alpha value is -1.69. The predicted molar refractivity (Wildman–Crippen MR) is 81.4 cm³/mol. The minimum absolute atomic E-state index is 0.0134. The van der Waals surface area contributed by atoms with E-state index in [-0.39, 0.29) is 35.0 Å². The molecule has 116 valence electrons. The van der Waals surface area contributed by atoms with Crippen LogP contribution in [0.25, 0.3) is 0 Å². The van der Waals surface area contributed by atoms with E-state index in [4.69, 9.17) is 11.6 Å². The second-order valence-corrected chi connectivity index (χ2v) is 5.26. The molecule has 0 aromatic carbocycles. The summed E-state index contributed by atoms with van der Waals surface area (Å²) in [5.74, 6) is 0.0733. The Bertz CT molecular complexity index is 520. The smallest absolute Gasteiger partial charge is 0.274 e. The topological polar surface area (TPSA) is 75.2 Å². The summed E-state index contributed by atoms with van der Waals surface area (Å²) in [4.78, 5) is 33.9. The molecule has 1 heterocycles. The van der Waals surface area contributed by atoms with Crippen LogP contribution in [0, 0.1) is 0 Å². The van der Waals surface area contributed by atoms with Gasteiger partial charge < -0.3 is 10.2 Å². The highest BCUT2D eigenvalue weighted by atomic mass is 35.5. The van der Waals surface area contributed by atoms with Gasteiger partial charge in [-0.2, -0.15) is 0 Å². The van der Waals surface area contributed by atoms with E-state index in [1.807, 2.05) is 20.8 Å². The van der Waals surface area contributed by atoms with Gasteiger partial charge in [0.25, 0.3) is 5.91 Å². The molecule has 0 atom stereocenters. The molecule has 1 aromatic rings. The van der Waals surface area contributed by atoms with Gasteiger partial charge in [0.05, 0.1) is 17.8 Å². The fourth-order valence-corrected chi connectivity index (χ4v) is 1.88. The van der Waals surface area contributed by atoms with Gasteiger partial charge in [-0.15, -0.1) is 0 Å². The zero-order chi connectivity index (χ0) is 16.0. The standard InChI is InChI=1S/C14H21ClN4O2/c1-5-16-11(20)8-19(6-2)14(21)12-10(15)7-17-13(18-12)9(3)4/h7,9H,5-6,8H2,1-4H3,(H,16,20). The van der Waals surface area contributed by atoms with Crippen LogP contribution in [0.3, 0.4) is 0 Å². The summed E-state index contributed by atoms with van der Waals surface area (Å²) in [6.07, 6.45) is 1.43. The van der Waals surface area contributed by atoms with Gasteiger partial charge in [-0.25, -0.2) is 9.97 Å². The highest BCUT2D eigenvalue weighted by Gasteiger charge is 2.22. The molecule has 0 saturated heterocycles. The average Bonchev–Trinajstić information content (AvgIpc) is 2.44. The van der Waals surface area contributed by atoms with Crippen LogP contribution in [0.4, 0.5) is 0 Å². The number of aromatic nitrogens is 2. The van der Waals surface area contributed by atoms with E-state index in [1.165, 1.54) is 11.1 Å². The Morgan fingerprint density at radius 2 is 2.05 bits per heavy atom. The number of rotatable bonds is 6. The molecule has 7 heteroatoms. The maximum atomic E-state index is 12.5. The van der Waals surface area contributed by atoms with Crippen LogP contribution in [0.5, 0.6) is 0 Å². The number of hydrogen-bond acceptors (Lipinski definition) is 4. The van der Waals surface area contributed by atoms with Crippen molar-refractivity contribution in [3.05, 3.63) is 22.7 Å². The van der Waals surface area contributed by atoms with Crippen molar-refractivity contribution in [2.45, 2.75) is 33.6 Å². The Morgan fingerprint density at radius 3 is 2.57 bits per heavy atom. The molecule has 1 rings (SSSR count). The van der Waals surface area contributed by atoms with Crippen molar-refractivity contribution in [2.24, 2.45) is 0 Å². The second kappa shape index (κ2) is 7.93. The van der Waals surface area contributed by atoms with Gasteiger partial charge in [0, 0.05) is 19.0 Å². The molecule has 0 aliphatic carbocycles. The molecular formula is C14H21ClN4O2. The summed E-state index contributed by atoms with van der Waals surface area (Å²) in [6.45, 7) is 8.40. The second-order valence-electron chi connectivity index (χ2n) is 4.85. The van der Waals surface area contributed by atoms with Gasteiger partial charge in [-0.1, -0.05) is 25.4 Å². The lowest BCUT2D eigenvalue weighted by Crippen LogP contribution is -2.41. The number of carbonyl (C=O) groups excluding carboxylic acids is 2. The fourth-order valence-electron chi connectivity index (χ4n) is 1.71. The molecule has 0 aliphatic heterocycles. The number of likely N-dealkylation sites (N-methyl/N-ethyl adjacent to an activating group) is 2. The summed E-state index contributed by atoms with van der Waals surface area (Å²) in [6, 6.07) is 0. The van der Waals surface area contributed by atoms with E-state index in [0.29, 0.717) is 18.9 Å². The van der Waals surface area contributed by atoms with Gasteiger partial charge >= 0.3 is 0 Å². The Kier molecular flexibility index (Phi) is 6.55. The van der Waals surface area contributed by atoms with Gasteiger partial charge in [0.2, 0.25) is 5.91 Å². The molecule has 1 N–H and O–H groups in total. The third kappa shape index (κ3) is 4.67. The molecule has 2 amide bonds. The third-order valence-electron chi connectivity index (χ3n) is 2.86. The van der Waals surface area contributed by atoms with Gasteiger partial charge in [0.15, 0.2) is 5.69 Å². The minimum atomic E-state index is -0.363. The van der Waals surface area contributed by atoms with E-state index < -0.39 is 0 Å². The molecule has 21 heavy (non-hydrogen) atoms. The van der Waals surface area contributed by atoms with E-state index in [9.17, 15) is 9.59 Å². The van der Waals surface area contributed by atoms with Crippen molar-refractivity contribution in [1.82, 2.24) is 20.2 Å². The zero-order valence-corrected chi connectivity index (χ0v) is 13.6. The highest BCUT2D eigenvalue weighted by molar-refractivity contribution is 6.33. The van der Waals surface area contributed by atoms with Crippen molar-refractivity contribution in [2.75, 3.05) is 19.6 Å². The highest BCUT2D eigenvalue weighted by Crippen LogP contribution is 2.18. The fraction of sp³-hybridized carbons (Fsp3) is 0.571. The molecule has 0 fully saturated rings. The lowest BCUT2D eigenvalue weighted by Gasteiger charge is -2.20. The van der Waals surface area contributed by atoms with Gasteiger partial charge in [-0.05, 0) is 13.8 Å². The van der Waals surface area contributed by atoms with E-state index >= 15 is 0 Å². The molecule has 0 spiro atoms. The van der Waals surface area contributed by atoms with Crippen LogP contribution >= 0.6 is 11.6 Å². The monoisotopic (exact) mass is 312 g/mol. The molecule has 0 aliphatic rings. The molecule has 0 saturated carbocycles. The molecule has 1 aromatic heterocycles. The number of nitrogens with one attached hydrogen (secondary N) is 1. The first-order valence-electron chi connectivity index (χ1n) is 6.99. The number of hydrogen-bond donors (Lipinski definition) is 1. The first-order valence-corrected chi connectivity index (χ1v) is 7.36. The van der Waals surface area contributed by atoms with Crippen molar-refractivity contribution < 1.29 is 9.59 Å². The Labute approximate surface area is 129 Å². The number of halogens is 1. The van der Waals surface area contributed by atoms with E-state index in [0.717, 1.165) is 0 Å². The largest absolute Gasteiger partial charge is 0.355 e. The molecule has 6 nitrogen and oxygen atoms in total. The quantitative estimate of drug-likeness (QED) is 0.870. The molecule has 0 radical (unpaired) electrons. The Balaban J connectivity index is 2.99. The minimum Gasteiger partial charge on any atom is -0.355 e. The van der Waals surface area contributed by atoms with E-state index in [1.54, 1.807) is 6.92 Å². The Morgan fingerprint density at radius 1 is 1.38 bits per heavy atom. The lowest BCUT2D eigenvalue weighted by atomic mass is 10.2. The summed E-state index contributed by atoms with van der Waals surface area (Å²) in [7, 11) is 0. The first kappa shape index (κ1) is 17.4. The lowest BCUT2D eigenvalue weighted by molar-refractivity contribution is -0.121. The summed E-state index contributed by atoms with van der Waals surface area (Å²) in [5.41, 5.74) is 0.140. The maximum absolute atomic E-state index is 12.5. The SMILES string of the molecule is CCNC(=O)CN(CC)C(=O)c1nc(C(C)C)ncc1Cl. The molecular weight excluding hydrogens is 292 g/mol. The van der Waals surface area contributed by atoms with Crippen molar-refractivity contribution in [3.8, 4) is 0 Å². The normalized spacial score (nSPS) is 10.6. The van der Waals surface area contributed by atoms with Gasteiger partial charge in [-0.3, -0.25) is 9.59 Å². The van der Waals surface area contributed by atoms with Crippen LogP contribution in [-0.4, -0.2) is 46.3 Å². The molecule has 0 bridgehead atoms. The van der Waals surface area contributed by atoms with Crippen molar-refractivity contribution >= 4 is 23.4 Å². The number of carbonyl (C=O) groups is 2. The van der Waals surface area contributed by atoms with Crippen LogP contribution in [0.15, 0.2) is 6.20 Å². The van der Waals surface area contributed by atoms with Crippen molar-refractivity contribution in [1.29, 1.82) is 0 Å². The number of amides is 2. The third-order valence-corrected chi connectivity index (χ3v) is 3.14. The van der Waals surface area contributed by atoms with Crippen molar-refractivity contribution in [3.63, 3.8) is 0 Å². The average molecular weight is 313 g/mol. The summed E-state index contributed by atoms with van der Waals surface area (Å²) in [5, 5.41) is 2.86. The predicted octanol–water partition coefficient (Wildman–Crippen LogP) is 1.85. The van der Waals surface area contributed by atoms with Crippen LogP contribution < -0.4 is 5.32 Å². The summed E-state index contributed by atoms with van der Waals surface area (Å²) < 4.78 is 0. The van der Waals surface area contributed by atoms with Gasteiger partial charge in [0.1, 0.15) is 5.82 Å². The zero-order valence-electron chi connectivity index (χ0n) is 12.8. The van der Waals surface area contributed by atoms with E-state index in [2.05, 4.69) is 15.3 Å². The summed E-state index contributed by atoms with van der Waals surface area (Å²) >= 11 is 6.02. The van der Waals surface area contributed by atoms with Crippen LogP contribution in [0.1, 0.15) is 49.9 Å². The molecule has 0 unspecified atom stereocenters.